The van der Waals surface area contributed by atoms with Gasteiger partial charge in [-0.05, 0) is 62.0 Å². The van der Waals surface area contributed by atoms with Gasteiger partial charge in [0.25, 0.3) is 0 Å². The second-order valence-electron chi connectivity index (χ2n) is 5.09. The molecule has 1 aromatic rings. The minimum Gasteiger partial charge on any atom is -0.379 e. The highest BCUT2D eigenvalue weighted by atomic mass is 32.1. The first kappa shape index (κ1) is 14.7. The second-order valence-corrected chi connectivity index (χ2v) is 5.87. The molecule has 1 unspecified atom stereocenters. The molecule has 0 saturated carbocycles. The van der Waals surface area contributed by atoms with Crippen molar-refractivity contribution in [2.24, 2.45) is 0 Å². The average Bonchev–Trinajstić information content (AvgIpc) is 2.79. The third kappa shape index (κ3) is 5.66. The van der Waals surface area contributed by atoms with E-state index in [4.69, 9.17) is 4.74 Å². The lowest BCUT2D eigenvalue weighted by Crippen LogP contribution is -2.34. The van der Waals surface area contributed by atoms with Crippen LogP contribution in [0.1, 0.15) is 39.2 Å². The van der Waals surface area contributed by atoms with E-state index >= 15 is 0 Å². The maximum absolute atomic E-state index is 5.48. The van der Waals surface area contributed by atoms with Gasteiger partial charge in [0.1, 0.15) is 0 Å². The van der Waals surface area contributed by atoms with E-state index in [9.17, 15) is 0 Å². The van der Waals surface area contributed by atoms with Crippen LogP contribution in [-0.4, -0.2) is 25.3 Å². The summed E-state index contributed by atoms with van der Waals surface area (Å²) in [7, 11) is 1.79. The molecule has 0 bridgehead atoms. The van der Waals surface area contributed by atoms with Gasteiger partial charge in [-0.2, -0.15) is 11.3 Å². The molecule has 1 aromatic heterocycles. The molecule has 0 aliphatic rings. The molecule has 1 N–H and O–H groups in total. The van der Waals surface area contributed by atoms with Crippen LogP contribution in [0.15, 0.2) is 16.8 Å². The topological polar surface area (TPSA) is 21.3 Å². The van der Waals surface area contributed by atoms with Gasteiger partial charge in [0.05, 0.1) is 5.60 Å². The molecule has 0 aliphatic heterocycles. The van der Waals surface area contributed by atoms with E-state index in [-0.39, 0.29) is 5.60 Å². The number of thiophene rings is 1. The molecule has 17 heavy (non-hydrogen) atoms. The highest BCUT2D eigenvalue weighted by Crippen LogP contribution is 2.19. The maximum Gasteiger partial charge on any atom is 0.0623 e. The molecule has 0 aliphatic carbocycles. The molecule has 0 amide bonds. The molecule has 0 radical (unpaired) electrons. The van der Waals surface area contributed by atoms with E-state index in [0.29, 0.717) is 6.04 Å². The standard InChI is InChI=1S/C14H25NOS/c1-5-15-13(6-8-14(2,3)16-4)10-12-7-9-17-11-12/h7,9,11,13,15H,5-6,8,10H2,1-4H3. The molecule has 0 fully saturated rings. The molecule has 98 valence electrons. The second kappa shape index (κ2) is 7.14. The van der Waals surface area contributed by atoms with Crippen molar-refractivity contribution in [3.8, 4) is 0 Å². The van der Waals surface area contributed by atoms with Crippen LogP contribution >= 0.6 is 11.3 Å². The summed E-state index contributed by atoms with van der Waals surface area (Å²) in [5.74, 6) is 0. The molecule has 2 nitrogen and oxygen atoms in total. The van der Waals surface area contributed by atoms with Crippen LogP contribution in [0.25, 0.3) is 0 Å². The summed E-state index contributed by atoms with van der Waals surface area (Å²) < 4.78 is 5.48. The van der Waals surface area contributed by atoms with Crippen LogP contribution in [0.4, 0.5) is 0 Å². The van der Waals surface area contributed by atoms with Crippen molar-refractivity contribution >= 4 is 11.3 Å². The third-order valence-electron chi connectivity index (χ3n) is 3.20. The lowest BCUT2D eigenvalue weighted by Gasteiger charge is -2.26. The van der Waals surface area contributed by atoms with Crippen molar-refractivity contribution in [2.75, 3.05) is 13.7 Å². The first-order valence-corrected chi connectivity index (χ1v) is 7.31. The van der Waals surface area contributed by atoms with Gasteiger partial charge >= 0.3 is 0 Å². The van der Waals surface area contributed by atoms with E-state index in [0.717, 1.165) is 25.8 Å². The Morgan fingerprint density at radius 1 is 1.47 bits per heavy atom. The zero-order chi connectivity index (χ0) is 12.7. The van der Waals surface area contributed by atoms with E-state index in [1.165, 1.54) is 5.56 Å². The summed E-state index contributed by atoms with van der Waals surface area (Å²) in [4.78, 5) is 0. The smallest absolute Gasteiger partial charge is 0.0623 e. The fourth-order valence-corrected chi connectivity index (χ4v) is 2.56. The summed E-state index contributed by atoms with van der Waals surface area (Å²) in [6, 6.07) is 2.78. The van der Waals surface area contributed by atoms with Gasteiger partial charge in [-0.15, -0.1) is 0 Å². The number of likely N-dealkylation sites (N-methyl/N-ethyl adjacent to an activating group) is 1. The van der Waals surface area contributed by atoms with Crippen molar-refractivity contribution in [1.82, 2.24) is 5.32 Å². The zero-order valence-electron chi connectivity index (χ0n) is 11.5. The highest BCUT2D eigenvalue weighted by Gasteiger charge is 2.19. The summed E-state index contributed by atoms with van der Waals surface area (Å²) in [5.41, 5.74) is 1.43. The van der Waals surface area contributed by atoms with Crippen molar-refractivity contribution in [3.05, 3.63) is 22.4 Å². The van der Waals surface area contributed by atoms with Crippen LogP contribution in [0.2, 0.25) is 0 Å². The van der Waals surface area contributed by atoms with E-state index in [2.05, 4.69) is 42.9 Å². The molecular weight excluding hydrogens is 230 g/mol. The van der Waals surface area contributed by atoms with Gasteiger partial charge in [-0.25, -0.2) is 0 Å². The first-order valence-electron chi connectivity index (χ1n) is 6.37. The quantitative estimate of drug-likeness (QED) is 0.768. The van der Waals surface area contributed by atoms with Crippen molar-refractivity contribution in [1.29, 1.82) is 0 Å². The van der Waals surface area contributed by atoms with Gasteiger partial charge in [0.15, 0.2) is 0 Å². The Hall–Kier alpha value is -0.380. The Bertz CT molecular complexity index is 295. The molecule has 1 rings (SSSR count). The number of nitrogens with one attached hydrogen (secondary N) is 1. The van der Waals surface area contributed by atoms with E-state index in [1.807, 2.05) is 0 Å². The fraction of sp³-hybridized carbons (Fsp3) is 0.714. The number of hydrogen-bond acceptors (Lipinski definition) is 3. The third-order valence-corrected chi connectivity index (χ3v) is 3.93. The summed E-state index contributed by atoms with van der Waals surface area (Å²) in [6.45, 7) is 7.51. The van der Waals surface area contributed by atoms with Crippen molar-refractivity contribution in [3.63, 3.8) is 0 Å². The summed E-state index contributed by atoms with van der Waals surface area (Å²) >= 11 is 1.78. The number of methoxy groups -OCH3 is 1. The lowest BCUT2D eigenvalue weighted by molar-refractivity contribution is 0.0117. The maximum atomic E-state index is 5.48. The Balaban J connectivity index is 2.43. The van der Waals surface area contributed by atoms with Crippen LogP contribution in [0, 0.1) is 0 Å². The first-order chi connectivity index (χ1) is 8.07. The van der Waals surface area contributed by atoms with Crippen LogP contribution in [-0.2, 0) is 11.2 Å². The largest absolute Gasteiger partial charge is 0.379 e. The van der Waals surface area contributed by atoms with Gasteiger partial charge < -0.3 is 10.1 Å². The predicted octanol–water partition coefficient (Wildman–Crippen LogP) is 3.47. The average molecular weight is 255 g/mol. The van der Waals surface area contributed by atoms with Crippen LogP contribution < -0.4 is 5.32 Å². The Morgan fingerprint density at radius 3 is 2.76 bits per heavy atom. The fourth-order valence-electron chi connectivity index (χ4n) is 1.88. The minimum absolute atomic E-state index is 0.0116. The molecule has 0 aromatic carbocycles. The lowest BCUT2D eigenvalue weighted by atomic mass is 9.96. The molecule has 0 spiro atoms. The Kier molecular flexibility index (Phi) is 6.17. The molecule has 0 saturated heterocycles. The molecular formula is C14H25NOS. The van der Waals surface area contributed by atoms with Crippen LogP contribution in [0.3, 0.4) is 0 Å². The molecule has 3 heteroatoms. The number of rotatable bonds is 8. The minimum atomic E-state index is -0.0116. The van der Waals surface area contributed by atoms with Gasteiger partial charge in [0, 0.05) is 13.2 Å². The van der Waals surface area contributed by atoms with Crippen molar-refractivity contribution < 1.29 is 4.74 Å². The Labute approximate surface area is 109 Å². The van der Waals surface area contributed by atoms with E-state index in [1.54, 1.807) is 18.4 Å². The van der Waals surface area contributed by atoms with Crippen LogP contribution in [0.5, 0.6) is 0 Å². The highest BCUT2D eigenvalue weighted by molar-refractivity contribution is 7.07. The predicted molar refractivity (Wildman–Crippen MR) is 75.8 cm³/mol. The van der Waals surface area contributed by atoms with Gasteiger partial charge in [-0.1, -0.05) is 6.92 Å². The number of ether oxygens (including phenoxy) is 1. The summed E-state index contributed by atoms with van der Waals surface area (Å²) in [5, 5.41) is 7.96. The normalized spacial score (nSPS) is 13.9. The van der Waals surface area contributed by atoms with Gasteiger partial charge in [-0.3, -0.25) is 0 Å². The molecule has 1 atom stereocenters. The molecule has 1 heterocycles. The monoisotopic (exact) mass is 255 g/mol. The summed E-state index contributed by atoms with van der Waals surface area (Å²) in [6.07, 6.45) is 3.37. The van der Waals surface area contributed by atoms with Crippen molar-refractivity contribution in [2.45, 2.75) is 51.7 Å². The zero-order valence-corrected chi connectivity index (χ0v) is 12.3. The van der Waals surface area contributed by atoms with Gasteiger partial charge in [0.2, 0.25) is 0 Å². The Morgan fingerprint density at radius 2 is 2.24 bits per heavy atom. The number of hydrogen-bond donors (Lipinski definition) is 1. The SMILES string of the molecule is CCNC(CCC(C)(C)OC)Cc1ccsc1. The van der Waals surface area contributed by atoms with E-state index < -0.39 is 0 Å².